The van der Waals surface area contributed by atoms with Crippen molar-refractivity contribution in [1.82, 2.24) is 4.57 Å². The topological polar surface area (TPSA) is 88.4 Å². The number of ether oxygens (including phenoxy) is 4. The fourth-order valence-corrected chi connectivity index (χ4v) is 7.83. The lowest BCUT2D eigenvalue weighted by atomic mass is 9.95. The smallest absolute Gasteiger partial charge is 0.338 e. The third-order valence-corrected chi connectivity index (χ3v) is 9.43. The molecule has 0 amide bonds. The zero-order valence-electron chi connectivity index (χ0n) is 25.3. The SMILES string of the molecule is CCOC(=O)C1=C(C)N=c2s/c(=C\c3cccc(COc4ccc(I)cc4I)c3)c(=O)n2[C@@H]1c1ccc(OCC)c(OCC)c1. The maximum absolute atomic E-state index is 14.1. The number of hydrogen-bond acceptors (Lipinski definition) is 8. The maximum atomic E-state index is 14.1. The molecule has 234 valence electrons. The van der Waals surface area contributed by atoms with E-state index in [1.807, 2.05) is 74.5 Å². The molecule has 1 aliphatic heterocycles. The molecule has 0 fully saturated rings. The number of carbonyl (C=O) groups excluding carboxylic acids is 1. The van der Waals surface area contributed by atoms with Gasteiger partial charge in [0, 0.05) is 3.57 Å². The predicted molar refractivity (Wildman–Crippen MR) is 192 cm³/mol. The number of thiazole rings is 1. The van der Waals surface area contributed by atoms with Gasteiger partial charge in [-0.25, -0.2) is 9.79 Å². The number of allylic oxidation sites excluding steroid dienone is 1. The van der Waals surface area contributed by atoms with Crippen LogP contribution in [0.2, 0.25) is 0 Å². The van der Waals surface area contributed by atoms with Crippen LogP contribution in [-0.2, 0) is 16.1 Å². The summed E-state index contributed by atoms with van der Waals surface area (Å²) >= 11 is 5.84. The molecule has 0 radical (unpaired) electrons. The largest absolute Gasteiger partial charge is 0.490 e. The lowest BCUT2D eigenvalue weighted by Crippen LogP contribution is -2.40. The Morgan fingerprint density at radius 1 is 0.933 bits per heavy atom. The fourth-order valence-electron chi connectivity index (χ4n) is 5.02. The monoisotopic (exact) mass is 850 g/mol. The van der Waals surface area contributed by atoms with Gasteiger partial charge >= 0.3 is 5.97 Å². The number of halogens is 2. The van der Waals surface area contributed by atoms with Crippen LogP contribution in [0.5, 0.6) is 17.2 Å². The van der Waals surface area contributed by atoms with Gasteiger partial charge in [0.2, 0.25) is 0 Å². The summed E-state index contributed by atoms with van der Waals surface area (Å²) in [4.78, 5) is 32.6. The Bertz CT molecular complexity index is 1950. The van der Waals surface area contributed by atoms with Crippen LogP contribution in [0.4, 0.5) is 0 Å². The first-order chi connectivity index (χ1) is 21.7. The van der Waals surface area contributed by atoms with Gasteiger partial charge in [0.15, 0.2) is 16.3 Å². The van der Waals surface area contributed by atoms with E-state index < -0.39 is 12.0 Å². The highest BCUT2D eigenvalue weighted by Crippen LogP contribution is 2.36. The second-order valence-corrected chi connectivity index (χ2v) is 13.4. The Kier molecular flexibility index (Phi) is 11.0. The summed E-state index contributed by atoms with van der Waals surface area (Å²) in [7, 11) is 0. The fraction of sp³-hybridized carbons (Fsp3) is 0.265. The van der Waals surface area contributed by atoms with Crippen LogP contribution in [0.25, 0.3) is 6.08 Å². The van der Waals surface area contributed by atoms with E-state index in [9.17, 15) is 9.59 Å². The van der Waals surface area contributed by atoms with Crippen LogP contribution in [0, 0.1) is 7.14 Å². The second kappa shape index (κ2) is 14.9. The van der Waals surface area contributed by atoms with Gasteiger partial charge in [0.25, 0.3) is 5.56 Å². The number of hydrogen-bond donors (Lipinski definition) is 0. The van der Waals surface area contributed by atoms with E-state index in [0.717, 1.165) is 24.0 Å². The Morgan fingerprint density at radius 2 is 1.69 bits per heavy atom. The highest BCUT2D eigenvalue weighted by atomic mass is 127. The molecule has 1 atom stereocenters. The van der Waals surface area contributed by atoms with Crippen LogP contribution in [-0.4, -0.2) is 30.4 Å². The Balaban J connectivity index is 1.56. The van der Waals surface area contributed by atoms with Crippen molar-refractivity contribution in [3.63, 3.8) is 0 Å². The average Bonchev–Trinajstić information content (AvgIpc) is 3.31. The van der Waals surface area contributed by atoms with E-state index in [1.54, 1.807) is 18.4 Å². The summed E-state index contributed by atoms with van der Waals surface area (Å²) in [6.07, 6.45) is 1.85. The van der Waals surface area contributed by atoms with Gasteiger partial charge in [0.05, 0.1) is 45.2 Å². The highest BCUT2D eigenvalue weighted by molar-refractivity contribution is 14.1. The average molecular weight is 851 g/mol. The first-order valence-corrected chi connectivity index (χ1v) is 17.5. The van der Waals surface area contributed by atoms with Crippen molar-refractivity contribution in [1.29, 1.82) is 0 Å². The van der Waals surface area contributed by atoms with Gasteiger partial charge in [-0.3, -0.25) is 9.36 Å². The van der Waals surface area contributed by atoms with E-state index >= 15 is 0 Å². The van der Waals surface area contributed by atoms with Crippen LogP contribution >= 0.6 is 56.5 Å². The van der Waals surface area contributed by atoms with Crippen molar-refractivity contribution in [3.8, 4) is 17.2 Å². The molecule has 0 unspecified atom stereocenters. The Hall–Kier alpha value is -3.17. The molecule has 0 saturated carbocycles. The van der Waals surface area contributed by atoms with Crippen molar-refractivity contribution in [2.45, 2.75) is 40.3 Å². The molecule has 8 nitrogen and oxygen atoms in total. The van der Waals surface area contributed by atoms with Gasteiger partial charge in [-0.2, -0.15) is 0 Å². The predicted octanol–water partition coefficient (Wildman–Crippen LogP) is 6.38. The van der Waals surface area contributed by atoms with Crippen molar-refractivity contribution in [3.05, 3.63) is 115 Å². The van der Waals surface area contributed by atoms with E-state index in [0.29, 0.717) is 57.5 Å². The minimum Gasteiger partial charge on any atom is -0.490 e. The standard InChI is InChI=1S/C34H32I2N2O6S/c1-5-41-27-13-11-23(17-28(27)42-6-2)31-30(33(40)43-7-3)20(4)37-34-38(31)32(39)29(45-34)16-21-9-8-10-22(15-21)19-44-26-14-12-24(35)18-25(26)36/h8-18,31H,5-7,19H2,1-4H3/b29-16-/t31-/m1/s1. The van der Waals surface area contributed by atoms with Crippen LogP contribution < -0.4 is 29.1 Å². The molecule has 3 aromatic carbocycles. The molecule has 1 aliphatic rings. The second-order valence-electron chi connectivity index (χ2n) is 9.98. The van der Waals surface area contributed by atoms with E-state index in [4.69, 9.17) is 23.9 Å². The van der Waals surface area contributed by atoms with Crippen molar-refractivity contribution < 1.29 is 23.7 Å². The Morgan fingerprint density at radius 3 is 2.42 bits per heavy atom. The van der Waals surface area contributed by atoms with Crippen LogP contribution in [0.1, 0.15) is 50.4 Å². The molecule has 2 heterocycles. The molecular formula is C34H32I2N2O6S. The van der Waals surface area contributed by atoms with E-state index in [-0.39, 0.29) is 12.2 Å². The summed E-state index contributed by atoms with van der Waals surface area (Å²) in [6.45, 7) is 8.81. The number of nitrogens with zero attached hydrogens (tertiary/aromatic N) is 2. The van der Waals surface area contributed by atoms with E-state index in [2.05, 4.69) is 51.2 Å². The summed E-state index contributed by atoms with van der Waals surface area (Å²) in [5.74, 6) is 1.44. The normalized spacial score (nSPS) is 14.5. The summed E-state index contributed by atoms with van der Waals surface area (Å²) in [6, 6.07) is 18.7. The first-order valence-electron chi connectivity index (χ1n) is 14.5. The first kappa shape index (κ1) is 33.2. The summed E-state index contributed by atoms with van der Waals surface area (Å²) in [5.41, 5.74) is 3.09. The molecule has 0 saturated heterocycles. The van der Waals surface area contributed by atoms with Crippen LogP contribution in [0.15, 0.2) is 81.7 Å². The van der Waals surface area contributed by atoms with Crippen molar-refractivity contribution in [2.75, 3.05) is 19.8 Å². The van der Waals surface area contributed by atoms with Gasteiger partial charge in [-0.15, -0.1) is 0 Å². The number of aromatic nitrogens is 1. The van der Waals surface area contributed by atoms with Gasteiger partial charge < -0.3 is 18.9 Å². The quantitative estimate of drug-likeness (QED) is 0.129. The number of esters is 1. The summed E-state index contributed by atoms with van der Waals surface area (Å²) in [5, 5.41) is 0. The number of benzene rings is 3. The zero-order valence-corrected chi connectivity index (χ0v) is 30.4. The molecule has 0 N–H and O–H groups in total. The molecule has 4 aromatic rings. The van der Waals surface area contributed by atoms with Crippen molar-refractivity contribution >= 4 is 68.6 Å². The summed E-state index contributed by atoms with van der Waals surface area (Å²) < 4.78 is 27.4. The minimum atomic E-state index is -0.756. The van der Waals surface area contributed by atoms with Gasteiger partial charge in [-0.05, 0) is 132 Å². The molecule has 0 aliphatic carbocycles. The maximum Gasteiger partial charge on any atom is 0.338 e. The Labute approximate surface area is 292 Å². The molecule has 45 heavy (non-hydrogen) atoms. The molecular weight excluding hydrogens is 818 g/mol. The minimum absolute atomic E-state index is 0.197. The molecule has 11 heteroatoms. The molecule has 5 rings (SSSR count). The van der Waals surface area contributed by atoms with Crippen molar-refractivity contribution in [2.24, 2.45) is 4.99 Å². The third-order valence-electron chi connectivity index (χ3n) is 6.94. The number of rotatable bonds is 11. The number of fused-ring (bicyclic) bond motifs is 1. The molecule has 1 aromatic heterocycles. The molecule has 0 bridgehead atoms. The lowest BCUT2D eigenvalue weighted by Gasteiger charge is -2.25. The van der Waals surface area contributed by atoms with Gasteiger partial charge in [0.1, 0.15) is 12.4 Å². The zero-order chi connectivity index (χ0) is 32.1. The highest BCUT2D eigenvalue weighted by Gasteiger charge is 2.34. The number of carbonyl (C=O) groups is 1. The third kappa shape index (κ3) is 7.46. The van der Waals surface area contributed by atoms with Gasteiger partial charge in [-0.1, -0.05) is 35.6 Å². The lowest BCUT2D eigenvalue weighted by molar-refractivity contribution is -0.139. The van der Waals surface area contributed by atoms with E-state index in [1.165, 1.54) is 11.3 Å². The molecule has 0 spiro atoms. The van der Waals surface area contributed by atoms with Crippen LogP contribution in [0.3, 0.4) is 0 Å².